The number of ketones is 1. The first-order valence-corrected chi connectivity index (χ1v) is 8.94. The minimum absolute atomic E-state index is 0.00598. The smallest absolute Gasteiger partial charge is 0.193 e. The van der Waals surface area contributed by atoms with Crippen molar-refractivity contribution in [1.29, 1.82) is 0 Å². The van der Waals surface area contributed by atoms with Crippen LogP contribution in [0.3, 0.4) is 0 Å². The van der Waals surface area contributed by atoms with E-state index in [1.54, 1.807) is 31.4 Å². The van der Waals surface area contributed by atoms with Gasteiger partial charge in [0.25, 0.3) is 0 Å². The summed E-state index contributed by atoms with van der Waals surface area (Å²) in [6, 6.07) is 22.4. The van der Waals surface area contributed by atoms with Crippen molar-refractivity contribution in [2.45, 2.75) is 26.2 Å². The van der Waals surface area contributed by atoms with Crippen molar-refractivity contribution in [1.82, 2.24) is 0 Å². The average molecular weight is 360 g/mol. The molecule has 27 heavy (non-hydrogen) atoms. The number of carbonyl (C=O) groups is 1. The molecule has 3 heteroatoms. The molecular formula is C24H24O3. The second-order valence-electron chi connectivity index (χ2n) is 7.46. The SMILES string of the molecule is COc1ccc(Oc2ccc(C(=O)c3ccc(C(C)(C)C)cc3)cc2)cc1. The van der Waals surface area contributed by atoms with E-state index < -0.39 is 0 Å². The van der Waals surface area contributed by atoms with Crippen molar-refractivity contribution in [3.63, 3.8) is 0 Å². The van der Waals surface area contributed by atoms with Crippen LogP contribution in [0.2, 0.25) is 0 Å². The fourth-order valence-electron chi connectivity index (χ4n) is 2.74. The molecule has 0 heterocycles. The first-order valence-electron chi connectivity index (χ1n) is 8.94. The van der Waals surface area contributed by atoms with E-state index in [4.69, 9.17) is 9.47 Å². The van der Waals surface area contributed by atoms with Crippen LogP contribution in [-0.4, -0.2) is 12.9 Å². The molecule has 0 fully saturated rings. The predicted octanol–water partition coefficient (Wildman–Crippen LogP) is 6.02. The van der Waals surface area contributed by atoms with E-state index in [2.05, 4.69) is 20.8 Å². The number of hydrogen-bond donors (Lipinski definition) is 0. The van der Waals surface area contributed by atoms with Crippen molar-refractivity contribution >= 4 is 5.78 Å². The highest BCUT2D eigenvalue weighted by Gasteiger charge is 2.15. The summed E-state index contributed by atoms with van der Waals surface area (Å²) in [7, 11) is 1.63. The first-order chi connectivity index (χ1) is 12.9. The maximum atomic E-state index is 12.7. The molecule has 138 valence electrons. The minimum Gasteiger partial charge on any atom is -0.497 e. The molecular weight excluding hydrogens is 336 g/mol. The molecule has 0 aliphatic carbocycles. The zero-order valence-corrected chi connectivity index (χ0v) is 16.2. The first kappa shape index (κ1) is 18.7. The maximum absolute atomic E-state index is 12.7. The Labute approximate surface area is 160 Å². The lowest BCUT2D eigenvalue weighted by Crippen LogP contribution is -2.11. The van der Waals surface area contributed by atoms with Crippen LogP contribution in [0.1, 0.15) is 42.3 Å². The number of carbonyl (C=O) groups excluding carboxylic acids is 1. The largest absolute Gasteiger partial charge is 0.497 e. The average Bonchev–Trinajstić information content (AvgIpc) is 2.68. The van der Waals surface area contributed by atoms with Crippen molar-refractivity contribution in [2.24, 2.45) is 0 Å². The van der Waals surface area contributed by atoms with Gasteiger partial charge < -0.3 is 9.47 Å². The number of benzene rings is 3. The van der Waals surface area contributed by atoms with E-state index in [9.17, 15) is 4.79 Å². The van der Waals surface area contributed by atoms with Crippen LogP contribution in [0, 0.1) is 0 Å². The number of rotatable bonds is 5. The lowest BCUT2D eigenvalue weighted by Gasteiger charge is -2.19. The van der Waals surface area contributed by atoms with Crippen molar-refractivity contribution in [3.8, 4) is 17.2 Å². The van der Waals surface area contributed by atoms with Gasteiger partial charge in [-0.2, -0.15) is 0 Å². The van der Waals surface area contributed by atoms with Crippen LogP contribution in [0.25, 0.3) is 0 Å². The van der Waals surface area contributed by atoms with Gasteiger partial charge >= 0.3 is 0 Å². The Morgan fingerprint density at radius 2 is 1.07 bits per heavy atom. The molecule has 0 saturated carbocycles. The molecule has 3 rings (SSSR count). The molecule has 0 spiro atoms. The molecule has 0 unspecified atom stereocenters. The van der Waals surface area contributed by atoms with Gasteiger partial charge in [0.15, 0.2) is 5.78 Å². The summed E-state index contributed by atoms with van der Waals surface area (Å²) >= 11 is 0. The van der Waals surface area contributed by atoms with Gasteiger partial charge in [0.05, 0.1) is 7.11 Å². The molecule has 3 aromatic rings. The Morgan fingerprint density at radius 3 is 1.52 bits per heavy atom. The highest BCUT2D eigenvalue weighted by molar-refractivity contribution is 6.09. The van der Waals surface area contributed by atoms with Gasteiger partial charge in [0, 0.05) is 11.1 Å². The molecule has 3 nitrogen and oxygen atoms in total. The van der Waals surface area contributed by atoms with Crippen LogP contribution in [0.5, 0.6) is 17.2 Å². The topological polar surface area (TPSA) is 35.5 Å². The second kappa shape index (κ2) is 7.67. The molecule has 0 aliphatic heterocycles. The van der Waals surface area contributed by atoms with E-state index >= 15 is 0 Å². The fraction of sp³-hybridized carbons (Fsp3) is 0.208. The summed E-state index contributed by atoms with van der Waals surface area (Å²) in [6.45, 7) is 6.47. The summed E-state index contributed by atoms with van der Waals surface area (Å²) in [6.07, 6.45) is 0. The van der Waals surface area contributed by atoms with Crippen molar-refractivity contribution < 1.29 is 14.3 Å². The monoisotopic (exact) mass is 360 g/mol. The number of ether oxygens (including phenoxy) is 2. The molecule has 0 aromatic heterocycles. The highest BCUT2D eigenvalue weighted by atomic mass is 16.5. The lowest BCUT2D eigenvalue weighted by molar-refractivity contribution is 0.103. The van der Waals surface area contributed by atoms with E-state index in [0.29, 0.717) is 22.6 Å². The van der Waals surface area contributed by atoms with Gasteiger partial charge in [0.2, 0.25) is 0 Å². The Hall–Kier alpha value is -3.07. The fourth-order valence-corrected chi connectivity index (χ4v) is 2.74. The number of methoxy groups -OCH3 is 1. The van der Waals surface area contributed by atoms with Crippen molar-refractivity contribution in [2.75, 3.05) is 7.11 Å². The summed E-state index contributed by atoms with van der Waals surface area (Å²) < 4.78 is 10.9. The Bertz CT molecular complexity index is 900. The standard InChI is InChI=1S/C24H24O3/c1-24(2,3)19-9-5-17(6-10-19)23(25)18-7-11-21(12-8-18)27-22-15-13-20(26-4)14-16-22/h5-16H,1-4H3. The van der Waals surface area contributed by atoms with Crippen LogP contribution < -0.4 is 9.47 Å². The van der Waals surface area contributed by atoms with E-state index in [1.807, 2.05) is 48.5 Å². The third-order valence-electron chi connectivity index (χ3n) is 4.42. The highest BCUT2D eigenvalue weighted by Crippen LogP contribution is 2.25. The second-order valence-corrected chi connectivity index (χ2v) is 7.46. The van der Waals surface area contributed by atoms with Crippen molar-refractivity contribution in [3.05, 3.63) is 89.5 Å². The minimum atomic E-state index is 0.00598. The zero-order valence-electron chi connectivity index (χ0n) is 16.2. The molecule has 0 radical (unpaired) electrons. The Kier molecular flexibility index (Phi) is 5.31. The summed E-state index contributed by atoms with van der Waals surface area (Å²) in [4.78, 5) is 12.7. The third kappa shape index (κ3) is 4.56. The van der Waals surface area contributed by atoms with Crippen LogP contribution in [0.15, 0.2) is 72.8 Å². The predicted molar refractivity (Wildman–Crippen MR) is 108 cm³/mol. The Morgan fingerprint density at radius 1 is 0.667 bits per heavy atom. The summed E-state index contributed by atoms with van der Waals surface area (Å²) in [5, 5.41) is 0. The molecule has 0 atom stereocenters. The van der Waals surface area contributed by atoms with Gasteiger partial charge in [-0.15, -0.1) is 0 Å². The van der Waals surface area contributed by atoms with Crippen LogP contribution in [0.4, 0.5) is 0 Å². The number of hydrogen-bond acceptors (Lipinski definition) is 3. The molecule has 0 N–H and O–H groups in total. The quantitative estimate of drug-likeness (QED) is 0.522. The summed E-state index contributed by atoms with van der Waals surface area (Å²) in [5.41, 5.74) is 2.61. The van der Waals surface area contributed by atoms with Crippen LogP contribution in [-0.2, 0) is 5.41 Å². The molecule has 0 amide bonds. The van der Waals surface area contributed by atoms with Gasteiger partial charge in [0.1, 0.15) is 17.2 Å². The molecule has 0 bridgehead atoms. The van der Waals surface area contributed by atoms with Crippen LogP contribution >= 0.6 is 0 Å². The van der Waals surface area contributed by atoms with E-state index in [0.717, 1.165) is 5.75 Å². The lowest BCUT2D eigenvalue weighted by atomic mass is 9.86. The zero-order chi connectivity index (χ0) is 19.4. The molecule has 0 aliphatic rings. The molecule has 0 saturated heterocycles. The van der Waals surface area contributed by atoms with Gasteiger partial charge in [-0.1, -0.05) is 45.0 Å². The van der Waals surface area contributed by atoms with Gasteiger partial charge in [-0.3, -0.25) is 4.79 Å². The molecule has 3 aromatic carbocycles. The van der Waals surface area contributed by atoms with Gasteiger partial charge in [-0.25, -0.2) is 0 Å². The third-order valence-corrected chi connectivity index (χ3v) is 4.42. The van der Waals surface area contributed by atoms with Gasteiger partial charge in [-0.05, 0) is 59.5 Å². The van der Waals surface area contributed by atoms with E-state index in [1.165, 1.54) is 5.56 Å². The normalized spacial score (nSPS) is 11.1. The maximum Gasteiger partial charge on any atom is 0.193 e. The summed E-state index contributed by atoms with van der Waals surface area (Å²) in [5.74, 6) is 2.18. The van der Waals surface area contributed by atoms with E-state index in [-0.39, 0.29) is 11.2 Å². The Balaban J connectivity index is 1.71.